The van der Waals surface area contributed by atoms with Crippen LogP contribution >= 0.6 is 0 Å². The normalized spacial score (nSPS) is 17.6. The van der Waals surface area contributed by atoms with Gasteiger partial charge >= 0.3 is 0 Å². The number of Topliss-reactive ketones (excluding diaryl/α,β-unsaturated/α-hetero) is 1. The van der Waals surface area contributed by atoms with Crippen LogP contribution in [0.25, 0.3) is 0 Å². The quantitative estimate of drug-likeness (QED) is 0.738. The fourth-order valence-electron chi connectivity index (χ4n) is 2.24. The Hall–Kier alpha value is -1.35. The van der Waals surface area contributed by atoms with Gasteiger partial charge in [-0.2, -0.15) is 0 Å². The van der Waals surface area contributed by atoms with Crippen LogP contribution in [-0.4, -0.2) is 17.9 Å². The summed E-state index contributed by atoms with van der Waals surface area (Å²) >= 11 is 0. The van der Waals surface area contributed by atoms with E-state index in [4.69, 9.17) is 10.5 Å². The molecule has 2 unspecified atom stereocenters. The largest absolute Gasteiger partial charge is 0.490 e. The van der Waals surface area contributed by atoms with Gasteiger partial charge in [-0.3, -0.25) is 4.79 Å². The monoisotopic (exact) mass is 275 g/mol. The summed E-state index contributed by atoms with van der Waals surface area (Å²) in [6.45, 7) is 4.00. The number of carbonyl (C=O) groups is 1. The minimum atomic E-state index is 0.0592. The van der Waals surface area contributed by atoms with Crippen molar-refractivity contribution in [2.24, 2.45) is 11.7 Å². The van der Waals surface area contributed by atoms with Crippen molar-refractivity contribution < 1.29 is 9.53 Å². The number of rotatable bonds is 8. The number of hydrogen-bond donors (Lipinski definition) is 1. The Kier molecular flexibility index (Phi) is 5.18. The van der Waals surface area contributed by atoms with Gasteiger partial charge in [-0.1, -0.05) is 13.3 Å². The minimum Gasteiger partial charge on any atom is -0.490 e. The third kappa shape index (κ3) is 4.64. The molecule has 1 aliphatic rings. The number of ether oxygens (including phenoxy) is 1. The molecule has 110 valence electrons. The van der Waals surface area contributed by atoms with E-state index in [1.807, 2.05) is 38.1 Å². The average Bonchev–Trinajstić information content (AvgIpc) is 3.22. The first-order valence-electron chi connectivity index (χ1n) is 7.63. The summed E-state index contributed by atoms with van der Waals surface area (Å²) in [4.78, 5) is 12.3. The summed E-state index contributed by atoms with van der Waals surface area (Å²) in [5, 5.41) is 0. The van der Waals surface area contributed by atoms with Gasteiger partial charge in [0.15, 0.2) is 5.78 Å². The van der Waals surface area contributed by atoms with Crippen LogP contribution in [-0.2, 0) is 0 Å². The Balaban J connectivity index is 1.83. The molecule has 0 bridgehead atoms. The van der Waals surface area contributed by atoms with Crippen LogP contribution in [0.1, 0.15) is 56.3 Å². The molecule has 0 aliphatic heterocycles. The molecule has 1 saturated carbocycles. The lowest BCUT2D eigenvalue weighted by molar-refractivity contribution is 0.0922. The Bertz CT molecular complexity index is 435. The Morgan fingerprint density at radius 3 is 2.45 bits per heavy atom. The molecular weight excluding hydrogens is 250 g/mol. The van der Waals surface area contributed by atoms with Crippen molar-refractivity contribution in [3.63, 3.8) is 0 Å². The second-order valence-corrected chi connectivity index (χ2v) is 6.02. The predicted octanol–water partition coefficient (Wildman–Crippen LogP) is 3.56. The van der Waals surface area contributed by atoms with Gasteiger partial charge in [-0.05, 0) is 56.9 Å². The van der Waals surface area contributed by atoms with E-state index in [1.165, 1.54) is 0 Å². The van der Waals surface area contributed by atoms with E-state index >= 15 is 0 Å². The Morgan fingerprint density at radius 1 is 1.25 bits per heavy atom. The van der Waals surface area contributed by atoms with E-state index in [9.17, 15) is 4.79 Å². The van der Waals surface area contributed by atoms with Gasteiger partial charge in [0.25, 0.3) is 0 Å². The van der Waals surface area contributed by atoms with Crippen LogP contribution in [0, 0.1) is 5.92 Å². The van der Waals surface area contributed by atoms with E-state index in [1.54, 1.807) is 0 Å². The minimum absolute atomic E-state index is 0.0592. The maximum atomic E-state index is 12.3. The van der Waals surface area contributed by atoms with E-state index in [-0.39, 0.29) is 17.7 Å². The number of hydrogen-bond acceptors (Lipinski definition) is 3. The van der Waals surface area contributed by atoms with Crippen LogP contribution in [0.5, 0.6) is 5.75 Å². The molecule has 2 rings (SSSR count). The second-order valence-electron chi connectivity index (χ2n) is 6.02. The van der Waals surface area contributed by atoms with Crippen molar-refractivity contribution in [2.75, 3.05) is 0 Å². The average molecular weight is 275 g/mol. The summed E-state index contributed by atoms with van der Waals surface area (Å²) in [6, 6.07) is 7.78. The topological polar surface area (TPSA) is 52.3 Å². The number of benzene rings is 1. The summed E-state index contributed by atoms with van der Waals surface area (Å²) < 4.78 is 5.69. The summed E-state index contributed by atoms with van der Waals surface area (Å²) in [5.41, 5.74) is 6.51. The molecule has 2 N–H and O–H groups in total. The van der Waals surface area contributed by atoms with Crippen LogP contribution < -0.4 is 10.5 Å². The van der Waals surface area contributed by atoms with E-state index < -0.39 is 0 Å². The lowest BCUT2D eigenvalue weighted by atomic mass is 9.93. The van der Waals surface area contributed by atoms with Gasteiger partial charge in [0, 0.05) is 17.5 Å². The molecule has 1 aliphatic carbocycles. The predicted molar refractivity (Wildman–Crippen MR) is 81.1 cm³/mol. The molecule has 0 aromatic heterocycles. The molecule has 3 heteroatoms. The molecule has 1 fully saturated rings. The number of nitrogens with two attached hydrogens (primary N) is 1. The molecule has 3 nitrogen and oxygen atoms in total. The highest BCUT2D eigenvalue weighted by Crippen LogP contribution is 2.27. The molecule has 1 aromatic rings. The zero-order valence-corrected chi connectivity index (χ0v) is 12.5. The molecule has 0 radical (unpaired) electrons. The lowest BCUT2D eigenvalue weighted by Crippen LogP contribution is -2.16. The molecule has 20 heavy (non-hydrogen) atoms. The first kappa shape index (κ1) is 15.0. The lowest BCUT2D eigenvalue weighted by Gasteiger charge is -2.12. The Morgan fingerprint density at radius 2 is 1.90 bits per heavy atom. The maximum Gasteiger partial charge on any atom is 0.165 e. The third-order valence-electron chi connectivity index (χ3n) is 3.71. The van der Waals surface area contributed by atoms with Gasteiger partial charge in [-0.25, -0.2) is 0 Å². The molecule has 0 saturated heterocycles. The molecule has 0 heterocycles. The van der Waals surface area contributed by atoms with Crippen molar-refractivity contribution in [1.82, 2.24) is 0 Å². The molecule has 0 amide bonds. The van der Waals surface area contributed by atoms with Crippen LogP contribution in [0.3, 0.4) is 0 Å². The fourth-order valence-corrected chi connectivity index (χ4v) is 2.24. The van der Waals surface area contributed by atoms with Gasteiger partial charge in [-0.15, -0.1) is 0 Å². The van der Waals surface area contributed by atoms with Crippen molar-refractivity contribution in [1.29, 1.82) is 0 Å². The highest BCUT2D eigenvalue weighted by molar-refractivity contribution is 5.97. The van der Waals surface area contributed by atoms with Crippen LogP contribution in [0.4, 0.5) is 0 Å². The first-order chi connectivity index (χ1) is 9.56. The summed E-state index contributed by atoms with van der Waals surface area (Å²) in [6.07, 6.45) is 5.59. The van der Waals surface area contributed by atoms with Crippen LogP contribution in [0.15, 0.2) is 24.3 Å². The van der Waals surface area contributed by atoms with Gasteiger partial charge < -0.3 is 10.5 Å². The second kappa shape index (κ2) is 6.89. The highest BCUT2D eigenvalue weighted by Gasteiger charge is 2.23. The molecule has 1 aromatic carbocycles. The SMILES string of the molecule is CC(N)CCCC(C)C(=O)c1ccc(OC2CC2)cc1. The maximum absolute atomic E-state index is 12.3. The van der Waals surface area contributed by atoms with Crippen molar-refractivity contribution >= 4 is 5.78 Å². The van der Waals surface area contributed by atoms with Gasteiger partial charge in [0.05, 0.1) is 6.10 Å². The number of ketones is 1. The standard InChI is InChI=1S/C17H25NO2/c1-12(4-3-5-13(2)18)17(19)14-6-8-15(9-7-14)20-16-10-11-16/h6-9,12-13,16H,3-5,10-11,18H2,1-2H3. The molecule has 0 spiro atoms. The smallest absolute Gasteiger partial charge is 0.165 e. The van der Waals surface area contributed by atoms with Gasteiger partial charge in [0.1, 0.15) is 5.75 Å². The molecule has 2 atom stereocenters. The van der Waals surface area contributed by atoms with Crippen molar-refractivity contribution in [2.45, 2.75) is 58.1 Å². The van der Waals surface area contributed by atoms with Crippen LogP contribution in [0.2, 0.25) is 0 Å². The van der Waals surface area contributed by atoms with E-state index in [0.29, 0.717) is 6.10 Å². The third-order valence-corrected chi connectivity index (χ3v) is 3.71. The fraction of sp³-hybridized carbons (Fsp3) is 0.588. The zero-order chi connectivity index (χ0) is 14.5. The number of carbonyl (C=O) groups excluding carboxylic acids is 1. The van der Waals surface area contributed by atoms with Crippen molar-refractivity contribution in [3.8, 4) is 5.75 Å². The Labute approximate surface area is 121 Å². The first-order valence-corrected chi connectivity index (χ1v) is 7.63. The van der Waals surface area contributed by atoms with E-state index in [2.05, 4.69) is 0 Å². The zero-order valence-electron chi connectivity index (χ0n) is 12.5. The highest BCUT2D eigenvalue weighted by atomic mass is 16.5. The summed E-state index contributed by atoms with van der Waals surface area (Å²) in [5.74, 6) is 1.14. The van der Waals surface area contributed by atoms with Crippen molar-refractivity contribution in [3.05, 3.63) is 29.8 Å². The summed E-state index contributed by atoms with van der Waals surface area (Å²) in [7, 11) is 0. The van der Waals surface area contributed by atoms with E-state index in [0.717, 1.165) is 43.4 Å². The van der Waals surface area contributed by atoms with Gasteiger partial charge in [0.2, 0.25) is 0 Å². The molecular formula is C17H25NO2.